The number of carbonyl (C=O) groups is 1. The van der Waals surface area contributed by atoms with Gasteiger partial charge >= 0.3 is 6.36 Å². The lowest BCUT2D eigenvalue weighted by atomic mass is 10.1. The number of nitrogens with one attached hydrogen (secondary N) is 1. The number of hydrogen-bond donors (Lipinski definition) is 1. The topological polar surface area (TPSA) is 94.8 Å². The van der Waals surface area contributed by atoms with Gasteiger partial charge in [0.05, 0.1) is 0 Å². The summed E-state index contributed by atoms with van der Waals surface area (Å²) in [4.78, 5) is 25.2. The third-order valence-corrected chi connectivity index (χ3v) is 4.41. The number of ether oxygens (including phenoxy) is 1. The third kappa shape index (κ3) is 4.14. The van der Waals surface area contributed by atoms with E-state index in [4.69, 9.17) is 11.6 Å². The van der Waals surface area contributed by atoms with Crippen LogP contribution in [0.3, 0.4) is 0 Å². The quantitative estimate of drug-likeness (QED) is 0.676. The molecular weight excluding hydrogens is 413 g/mol. The summed E-state index contributed by atoms with van der Waals surface area (Å²) in [6.45, 7) is 0. The van der Waals surface area contributed by atoms with Gasteiger partial charge < -0.3 is 10.1 Å². The molecule has 0 bridgehead atoms. The molecule has 12 heteroatoms. The summed E-state index contributed by atoms with van der Waals surface area (Å²) in [5.74, 6) is -0.503. The first kappa shape index (κ1) is 19.1. The summed E-state index contributed by atoms with van der Waals surface area (Å²) in [6.07, 6.45) is 0.627. The van der Waals surface area contributed by atoms with E-state index in [1.165, 1.54) is 17.1 Å². The molecule has 0 spiro atoms. The van der Waals surface area contributed by atoms with Crippen molar-refractivity contribution in [2.75, 3.05) is 0 Å². The zero-order chi connectivity index (χ0) is 20.6. The van der Waals surface area contributed by atoms with Crippen LogP contribution in [0.1, 0.15) is 29.0 Å². The fourth-order valence-electron chi connectivity index (χ4n) is 2.82. The molecule has 4 rings (SSSR count). The van der Waals surface area contributed by atoms with Gasteiger partial charge in [0.15, 0.2) is 5.82 Å². The maximum atomic E-state index is 12.7. The number of halogens is 4. The first-order chi connectivity index (χ1) is 13.8. The minimum Gasteiger partial charge on any atom is -0.406 e. The number of nitrogens with zero attached hydrogens (tertiary/aromatic N) is 5. The van der Waals surface area contributed by atoms with Crippen molar-refractivity contribution in [3.8, 4) is 11.7 Å². The Labute approximate surface area is 166 Å². The second-order valence-electron chi connectivity index (χ2n) is 6.30. The summed E-state index contributed by atoms with van der Waals surface area (Å²) in [5.41, 5.74) is -0.912. The summed E-state index contributed by atoms with van der Waals surface area (Å²) >= 11 is 5.84. The van der Waals surface area contributed by atoms with Gasteiger partial charge in [-0.15, -0.1) is 13.2 Å². The normalized spacial score (nSPS) is 15.0. The minimum atomic E-state index is -4.90. The molecule has 150 valence electrons. The average molecular weight is 425 g/mol. The van der Waals surface area contributed by atoms with E-state index in [-0.39, 0.29) is 16.5 Å². The van der Waals surface area contributed by atoms with Gasteiger partial charge in [0.1, 0.15) is 17.6 Å². The Morgan fingerprint density at radius 3 is 2.55 bits per heavy atom. The molecule has 1 fully saturated rings. The van der Waals surface area contributed by atoms with Crippen LogP contribution in [0.4, 0.5) is 13.2 Å². The first-order valence-electron chi connectivity index (χ1n) is 8.32. The van der Waals surface area contributed by atoms with Crippen LogP contribution in [0.2, 0.25) is 5.02 Å². The van der Waals surface area contributed by atoms with Crippen molar-refractivity contribution in [2.24, 2.45) is 0 Å². The molecule has 3 aromatic rings. The van der Waals surface area contributed by atoms with Gasteiger partial charge in [-0.2, -0.15) is 9.78 Å². The van der Waals surface area contributed by atoms with E-state index >= 15 is 0 Å². The van der Waals surface area contributed by atoms with Crippen LogP contribution in [0, 0.1) is 0 Å². The van der Waals surface area contributed by atoms with Crippen molar-refractivity contribution in [1.29, 1.82) is 0 Å². The van der Waals surface area contributed by atoms with Crippen LogP contribution in [0.15, 0.2) is 43.0 Å². The monoisotopic (exact) mass is 424 g/mol. The number of alkyl halides is 3. The van der Waals surface area contributed by atoms with Crippen molar-refractivity contribution in [1.82, 2.24) is 30.0 Å². The molecule has 1 saturated carbocycles. The smallest absolute Gasteiger partial charge is 0.406 e. The number of carbonyl (C=O) groups excluding carboxylic acids is 1. The van der Waals surface area contributed by atoms with E-state index in [0.717, 1.165) is 12.1 Å². The van der Waals surface area contributed by atoms with E-state index < -0.39 is 23.6 Å². The van der Waals surface area contributed by atoms with Crippen molar-refractivity contribution < 1.29 is 22.7 Å². The van der Waals surface area contributed by atoms with Gasteiger partial charge in [0.25, 0.3) is 11.9 Å². The second kappa shape index (κ2) is 6.99. The van der Waals surface area contributed by atoms with Crippen molar-refractivity contribution in [3.63, 3.8) is 0 Å². The largest absolute Gasteiger partial charge is 0.573 e. The van der Waals surface area contributed by atoms with Crippen LogP contribution < -0.4 is 10.1 Å². The first-order valence-corrected chi connectivity index (χ1v) is 8.70. The van der Waals surface area contributed by atoms with Gasteiger partial charge in [0.2, 0.25) is 0 Å². The van der Waals surface area contributed by atoms with E-state index in [2.05, 4.69) is 30.1 Å². The number of rotatable bonds is 5. The zero-order valence-corrected chi connectivity index (χ0v) is 15.3. The Morgan fingerprint density at radius 1 is 1.17 bits per heavy atom. The van der Waals surface area contributed by atoms with Crippen molar-refractivity contribution in [2.45, 2.75) is 24.7 Å². The summed E-state index contributed by atoms with van der Waals surface area (Å²) < 4.78 is 42.7. The fourth-order valence-corrected chi connectivity index (χ4v) is 3.05. The van der Waals surface area contributed by atoms with Gasteiger partial charge in [0, 0.05) is 23.0 Å². The van der Waals surface area contributed by atoms with Crippen LogP contribution >= 0.6 is 11.6 Å². The Balaban J connectivity index is 1.59. The van der Waals surface area contributed by atoms with Crippen LogP contribution in [0.25, 0.3) is 5.95 Å². The molecule has 0 aliphatic heterocycles. The van der Waals surface area contributed by atoms with Crippen molar-refractivity contribution >= 4 is 17.5 Å². The van der Waals surface area contributed by atoms with E-state index in [9.17, 15) is 18.0 Å². The van der Waals surface area contributed by atoms with Gasteiger partial charge in [-0.3, -0.25) is 4.79 Å². The molecule has 1 aliphatic rings. The minimum absolute atomic E-state index is 0.0670. The second-order valence-corrected chi connectivity index (χ2v) is 6.74. The number of benzene rings is 1. The molecule has 0 saturated heterocycles. The Bertz CT molecular complexity index is 1050. The Morgan fingerprint density at radius 2 is 1.90 bits per heavy atom. The maximum absolute atomic E-state index is 12.7. The Kier molecular flexibility index (Phi) is 4.61. The fraction of sp³-hybridized carbons (Fsp3) is 0.235. The molecule has 1 amide bonds. The highest BCUT2D eigenvalue weighted by atomic mass is 35.5. The lowest BCUT2D eigenvalue weighted by Gasteiger charge is -2.18. The molecule has 0 radical (unpaired) electrons. The summed E-state index contributed by atoms with van der Waals surface area (Å²) in [7, 11) is 0. The van der Waals surface area contributed by atoms with Crippen LogP contribution in [-0.4, -0.2) is 37.0 Å². The summed E-state index contributed by atoms with van der Waals surface area (Å²) in [6, 6.07) is 4.84. The molecule has 1 N–H and O–H groups in total. The molecule has 2 heterocycles. The Hall–Kier alpha value is -3.21. The van der Waals surface area contributed by atoms with Gasteiger partial charge in [-0.05, 0) is 37.1 Å². The highest BCUT2D eigenvalue weighted by Gasteiger charge is 2.50. The molecular formula is C17H12ClF3N6O2. The lowest BCUT2D eigenvalue weighted by Crippen LogP contribution is -2.37. The molecule has 29 heavy (non-hydrogen) atoms. The SMILES string of the molecule is O=C(NC1(c2ncnn2-c2ncccn2)CC1)c1cc(Cl)cc(OC(F)(F)F)c1. The molecule has 1 aromatic carbocycles. The molecule has 8 nitrogen and oxygen atoms in total. The predicted molar refractivity (Wildman–Crippen MR) is 93.5 cm³/mol. The van der Waals surface area contributed by atoms with E-state index in [0.29, 0.717) is 18.7 Å². The number of amides is 1. The third-order valence-electron chi connectivity index (χ3n) is 4.19. The molecule has 2 aromatic heterocycles. The van der Waals surface area contributed by atoms with Gasteiger partial charge in [-0.25, -0.2) is 15.0 Å². The molecule has 1 aliphatic carbocycles. The maximum Gasteiger partial charge on any atom is 0.573 e. The summed E-state index contributed by atoms with van der Waals surface area (Å²) in [5, 5.41) is 6.84. The average Bonchev–Trinajstić information content (AvgIpc) is 3.25. The standard InChI is InChI=1S/C17H12ClF3N6O2/c18-11-6-10(7-12(8-11)29-17(19,20)21)13(28)26-16(2-3-16)14-24-9-25-27(14)15-22-4-1-5-23-15/h1,4-9H,2-3H2,(H,26,28). The highest BCUT2D eigenvalue weighted by Crippen LogP contribution is 2.45. The van der Waals surface area contributed by atoms with Crippen LogP contribution in [0.5, 0.6) is 5.75 Å². The predicted octanol–water partition coefficient (Wildman–Crippen LogP) is 3.03. The van der Waals surface area contributed by atoms with E-state index in [1.54, 1.807) is 18.5 Å². The molecule has 0 atom stereocenters. The van der Waals surface area contributed by atoms with Crippen LogP contribution in [-0.2, 0) is 5.54 Å². The highest BCUT2D eigenvalue weighted by molar-refractivity contribution is 6.31. The zero-order valence-electron chi connectivity index (χ0n) is 14.5. The number of aromatic nitrogens is 5. The van der Waals surface area contributed by atoms with Crippen molar-refractivity contribution in [3.05, 3.63) is 59.4 Å². The lowest BCUT2D eigenvalue weighted by molar-refractivity contribution is -0.274. The van der Waals surface area contributed by atoms with Gasteiger partial charge in [-0.1, -0.05) is 11.6 Å². The van der Waals surface area contributed by atoms with E-state index in [1.807, 2.05) is 0 Å². The number of hydrogen-bond acceptors (Lipinski definition) is 6. The molecule has 0 unspecified atom stereocenters.